The van der Waals surface area contributed by atoms with E-state index in [0.29, 0.717) is 30.3 Å². The Morgan fingerprint density at radius 3 is 2.67 bits per heavy atom. The van der Waals surface area contributed by atoms with Gasteiger partial charge in [-0.15, -0.1) is 0 Å². The Bertz CT molecular complexity index is 959. The van der Waals surface area contributed by atoms with Gasteiger partial charge < -0.3 is 15.7 Å². The summed E-state index contributed by atoms with van der Waals surface area (Å²) in [5.41, 5.74) is 7.77. The maximum absolute atomic E-state index is 13.1. The highest BCUT2D eigenvalue weighted by Gasteiger charge is 2.41. The van der Waals surface area contributed by atoms with Gasteiger partial charge in [-0.3, -0.25) is 4.90 Å². The smallest absolute Gasteiger partial charge is 0.354 e. The summed E-state index contributed by atoms with van der Waals surface area (Å²) < 4.78 is 0. The number of hydrogen-bond donors (Lipinski definition) is 2. The van der Waals surface area contributed by atoms with Gasteiger partial charge in [0.1, 0.15) is 5.69 Å². The lowest BCUT2D eigenvalue weighted by Gasteiger charge is -2.42. The van der Waals surface area contributed by atoms with Gasteiger partial charge in [-0.1, -0.05) is 23.7 Å². The van der Waals surface area contributed by atoms with Gasteiger partial charge in [0.25, 0.3) is 0 Å². The average molecular weight is 429 g/mol. The number of carbonyl (C=O) groups is 2. The predicted octanol–water partition coefficient (Wildman–Crippen LogP) is 3.51. The second kappa shape index (κ2) is 8.24. The third kappa shape index (κ3) is 3.75. The third-order valence-electron chi connectivity index (χ3n) is 6.50. The fraction of sp³-hybridized carbons (Fsp3) is 0.409. The van der Waals surface area contributed by atoms with Crippen LogP contribution in [-0.2, 0) is 5.41 Å². The van der Waals surface area contributed by atoms with Gasteiger partial charge >= 0.3 is 12.0 Å². The molecule has 0 unspecified atom stereocenters. The van der Waals surface area contributed by atoms with Crippen LogP contribution in [0.1, 0.15) is 41.7 Å². The van der Waals surface area contributed by atoms with Gasteiger partial charge in [0.05, 0.1) is 0 Å². The van der Waals surface area contributed by atoms with Crippen LogP contribution in [0.3, 0.4) is 0 Å². The zero-order valence-corrected chi connectivity index (χ0v) is 17.4. The number of anilines is 1. The molecular formula is C22H25ClN4O3. The van der Waals surface area contributed by atoms with Crippen molar-refractivity contribution in [2.75, 3.05) is 24.5 Å². The van der Waals surface area contributed by atoms with Crippen LogP contribution in [0, 0.1) is 0 Å². The normalized spacial score (nSPS) is 24.3. The summed E-state index contributed by atoms with van der Waals surface area (Å²) in [7, 11) is 0. The van der Waals surface area contributed by atoms with Crippen molar-refractivity contribution >= 4 is 29.3 Å². The first kappa shape index (κ1) is 20.6. The van der Waals surface area contributed by atoms with Crippen molar-refractivity contribution < 1.29 is 14.7 Å². The van der Waals surface area contributed by atoms with Crippen molar-refractivity contribution in [3.8, 4) is 0 Å². The number of urea groups is 1. The van der Waals surface area contributed by atoms with E-state index < -0.39 is 5.97 Å². The number of rotatable bonds is 5. The molecule has 1 aromatic heterocycles. The van der Waals surface area contributed by atoms with Crippen LogP contribution in [0.5, 0.6) is 0 Å². The minimum Gasteiger partial charge on any atom is -0.477 e. The molecule has 4 rings (SSSR count). The zero-order chi connectivity index (χ0) is 21.3. The molecule has 1 saturated carbocycles. The largest absolute Gasteiger partial charge is 0.477 e. The number of aromatic carboxylic acids is 1. The summed E-state index contributed by atoms with van der Waals surface area (Å²) in [6.07, 6.45) is 4.98. The highest BCUT2D eigenvalue weighted by molar-refractivity contribution is 6.30. The third-order valence-corrected chi connectivity index (χ3v) is 6.73. The summed E-state index contributed by atoms with van der Waals surface area (Å²) >= 11 is 6.20. The summed E-state index contributed by atoms with van der Waals surface area (Å²) in [6, 6.07) is 11.1. The molecule has 2 aromatic rings. The quantitative estimate of drug-likeness (QED) is 0.759. The van der Waals surface area contributed by atoms with Gasteiger partial charge in [0.2, 0.25) is 0 Å². The molecule has 8 heteroatoms. The Hall–Kier alpha value is -2.64. The lowest BCUT2D eigenvalue weighted by molar-refractivity contribution is 0.0690. The number of nitrogens with two attached hydrogens (primary N) is 1. The summed E-state index contributed by atoms with van der Waals surface area (Å²) in [4.78, 5) is 31.7. The number of carboxylic acid groups (broad SMARTS) is 1. The maximum Gasteiger partial charge on any atom is 0.354 e. The first-order valence-corrected chi connectivity index (χ1v) is 10.5. The van der Waals surface area contributed by atoms with E-state index in [9.17, 15) is 9.59 Å². The number of hydrogen-bond acceptors (Lipinski definition) is 4. The number of benzene rings is 1. The van der Waals surface area contributed by atoms with Gasteiger partial charge in [-0.05, 0) is 55.5 Å². The predicted molar refractivity (Wildman–Crippen MR) is 115 cm³/mol. The van der Waals surface area contributed by atoms with E-state index in [1.165, 1.54) is 17.8 Å². The summed E-state index contributed by atoms with van der Waals surface area (Å²) in [6.45, 7) is 1.71. The molecule has 7 nitrogen and oxygen atoms in total. The SMILES string of the molecule is NCC1(c2cccc(Cl)c2)CCC(N2CCN(c3ccnc(C(=O)O)c3)C2=O)CC1. The number of carbonyl (C=O) groups excluding carboxylic acids is 1. The van der Waals surface area contributed by atoms with Crippen LogP contribution in [0.2, 0.25) is 5.02 Å². The minimum absolute atomic E-state index is 0.0642. The fourth-order valence-electron chi connectivity index (χ4n) is 4.73. The van der Waals surface area contributed by atoms with Crippen molar-refractivity contribution in [3.05, 3.63) is 58.9 Å². The van der Waals surface area contributed by atoms with Crippen molar-refractivity contribution in [2.45, 2.75) is 37.1 Å². The monoisotopic (exact) mass is 428 g/mol. The number of pyridine rings is 1. The van der Waals surface area contributed by atoms with E-state index in [4.69, 9.17) is 22.4 Å². The first-order chi connectivity index (χ1) is 14.4. The van der Waals surface area contributed by atoms with E-state index in [2.05, 4.69) is 11.1 Å². The molecule has 1 aliphatic carbocycles. The van der Waals surface area contributed by atoms with E-state index >= 15 is 0 Å². The fourth-order valence-corrected chi connectivity index (χ4v) is 4.92. The number of halogens is 1. The molecule has 2 heterocycles. The van der Waals surface area contributed by atoms with Crippen molar-refractivity contribution in [1.29, 1.82) is 0 Å². The van der Waals surface area contributed by atoms with Crippen molar-refractivity contribution in [2.24, 2.45) is 5.73 Å². The molecule has 1 saturated heterocycles. The van der Waals surface area contributed by atoms with Crippen LogP contribution in [0.15, 0.2) is 42.6 Å². The molecule has 2 amide bonds. The zero-order valence-electron chi connectivity index (χ0n) is 16.6. The molecule has 0 radical (unpaired) electrons. The molecule has 30 heavy (non-hydrogen) atoms. The first-order valence-electron chi connectivity index (χ1n) is 10.2. The molecule has 3 N–H and O–H groups in total. The average Bonchev–Trinajstić information content (AvgIpc) is 3.15. The van der Waals surface area contributed by atoms with E-state index in [1.807, 2.05) is 23.1 Å². The Labute approximate surface area is 180 Å². The molecule has 0 spiro atoms. The Morgan fingerprint density at radius 2 is 2.00 bits per heavy atom. The van der Waals surface area contributed by atoms with Crippen LogP contribution in [0.25, 0.3) is 0 Å². The number of amides is 2. The van der Waals surface area contributed by atoms with Crippen molar-refractivity contribution in [1.82, 2.24) is 9.88 Å². The lowest BCUT2D eigenvalue weighted by Crippen LogP contribution is -2.46. The maximum atomic E-state index is 13.1. The van der Waals surface area contributed by atoms with E-state index in [0.717, 1.165) is 25.7 Å². The van der Waals surface area contributed by atoms with Gasteiger partial charge in [0.15, 0.2) is 0 Å². The molecule has 1 aromatic carbocycles. The van der Waals surface area contributed by atoms with Crippen molar-refractivity contribution in [3.63, 3.8) is 0 Å². The summed E-state index contributed by atoms with van der Waals surface area (Å²) in [5, 5.41) is 9.88. The molecular weight excluding hydrogens is 404 g/mol. The molecule has 0 atom stereocenters. The van der Waals surface area contributed by atoms with E-state index in [1.54, 1.807) is 11.0 Å². The summed E-state index contributed by atoms with van der Waals surface area (Å²) in [5.74, 6) is -1.10. The van der Waals surface area contributed by atoms with E-state index in [-0.39, 0.29) is 23.2 Å². The molecule has 1 aliphatic heterocycles. The second-order valence-corrected chi connectivity index (χ2v) is 8.49. The second-order valence-electron chi connectivity index (χ2n) is 8.06. The van der Waals surface area contributed by atoms with Crippen LogP contribution in [-0.4, -0.2) is 52.7 Å². The van der Waals surface area contributed by atoms with Crippen LogP contribution in [0.4, 0.5) is 10.5 Å². The van der Waals surface area contributed by atoms with Gasteiger partial charge in [-0.25, -0.2) is 14.6 Å². The number of aromatic nitrogens is 1. The van der Waals surface area contributed by atoms with Crippen LogP contribution >= 0.6 is 11.6 Å². The Morgan fingerprint density at radius 1 is 1.23 bits per heavy atom. The van der Waals surface area contributed by atoms with Gasteiger partial charge in [-0.2, -0.15) is 0 Å². The highest BCUT2D eigenvalue weighted by atomic mass is 35.5. The lowest BCUT2D eigenvalue weighted by atomic mass is 9.68. The Kier molecular flexibility index (Phi) is 5.66. The standard InChI is InChI=1S/C22H25ClN4O3/c23-16-3-1-2-15(12-16)22(14-24)7-4-17(5-8-22)26-10-11-27(21(26)30)18-6-9-25-19(13-18)20(28)29/h1-3,6,9,12-13,17H,4-5,7-8,10-11,14,24H2,(H,28,29). The topological polar surface area (TPSA) is 99.8 Å². The number of nitrogens with zero attached hydrogens (tertiary/aromatic N) is 3. The Balaban J connectivity index is 1.46. The highest BCUT2D eigenvalue weighted by Crippen LogP contribution is 2.41. The number of carboxylic acids is 1. The minimum atomic E-state index is -1.10. The molecule has 0 bridgehead atoms. The molecule has 2 fully saturated rings. The van der Waals surface area contributed by atoms with Gasteiger partial charge in [0, 0.05) is 48.0 Å². The molecule has 2 aliphatic rings. The molecule has 158 valence electrons. The van der Waals surface area contributed by atoms with Crippen LogP contribution < -0.4 is 10.6 Å².